The number of carboxylic acids is 1. The fourth-order valence-corrected chi connectivity index (χ4v) is 1.66. The van der Waals surface area contributed by atoms with Crippen molar-refractivity contribution in [1.82, 2.24) is 0 Å². The van der Waals surface area contributed by atoms with Crippen molar-refractivity contribution in [3.63, 3.8) is 0 Å². The lowest BCUT2D eigenvalue weighted by atomic mass is 10.1. The van der Waals surface area contributed by atoms with Gasteiger partial charge in [-0.1, -0.05) is 6.07 Å². The van der Waals surface area contributed by atoms with Crippen LogP contribution in [-0.2, 0) is 0 Å². The molecular weight excluding hydrogens is 233 g/mol. The van der Waals surface area contributed by atoms with Crippen molar-refractivity contribution >= 4 is 17.3 Å². The zero-order valence-electron chi connectivity index (χ0n) is 9.77. The number of aromatic carboxylic acids is 1. The van der Waals surface area contributed by atoms with Gasteiger partial charge in [0, 0.05) is 11.4 Å². The highest BCUT2D eigenvalue weighted by molar-refractivity contribution is 5.88. The Morgan fingerprint density at radius 1 is 1.22 bits per heavy atom. The second-order valence-electron chi connectivity index (χ2n) is 3.97. The van der Waals surface area contributed by atoms with Crippen molar-refractivity contribution in [2.75, 3.05) is 5.32 Å². The maximum absolute atomic E-state index is 13.0. The molecular formula is C14H12FNO2. The van der Waals surface area contributed by atoms with Gasteiger partial charge in [0.15, 0.2) is 0 Å². The predicted octanol–water partition coefficient (Wildman–Crippen LogP) is 3.58. The van der Waals surface area contributed by atoms with Gasteiger partial charge in [0.1, 0.15) is 5.82 Å². The SMILES string of the molecule is Cc1cc(C(=O)O)ccc1Nc1cccc(F)c1. The van der Waals surface area contributed by atoms with E-state index in [-0.39, 0.29) is 11.4 Å². The van der Waals surface area contributed by atoms with E-state index in [2.05, 4.69) is 5.32 Å². The standard InChI is InChI=1S/C14H12FNO2/c1-9-7-10(14(17)18)5-6-13(9)16-12-4-2-3-11(15)8-12/h2-8,16H,1H3,(H,17,18). The zero-order chi connectivity index (χ0) is 13.1. The lowest BCUT2D eigenvalue weighted by molar-refractivity contribution is 0.0697. The molecule has 0 spiro atoms. The van der Waals surface area contributed by atoms with E-state index >= 15 is 0 Å². The van der Waals surface area contributed by atoms with Gasteiger partial charge in [0.25, 0.3) is 0 Å². The van der Waals surface area contributed by atoms with Gasteiger partial charge >= 0.3 is 5.97 Å². The van der Waals surface area contributed by atoms with Crippen LogP contribution < -0.4 is 5.32 Å². The van der Waals surface area contributed by atoms with Crippen molar-refractivity contribution in [2.24, 2.45) is 0 Å². The van der Waals surface area contributed by atoms with Crippen LogP contribution in [0.15, 0.2) is 42.5 Å². The molecule has 2 rings (SSSR count). The van der Waals surface area contributed by atoms with Crippen molar-refractivity contribution < 1.29 is 14.3 Å². The molecule has 0 bridgehead atoms. The molecule has 3 nitrogen and oxygen atoms in total. The average Bonchev–Trinajstić information content (AvgIpc) is 2.31. The Morgan fingerprint density at radius 2 is 2.00 bits per heavy atom. The van der Waals surface area contributed by atoms with Gasteiger partial charge in [-0.25, -0.2) is 9.18 Å². The van der Waals surface area contributed by atoms with Gasteiger partial charge in [0.05, 0.1) is 5.56 Å². The summed E-state index contributed by atoms with van der Waals surface area (Å²) < 4.78 is 13.0. The molecule has 2 aromatic rings. The van der Waals surface area contributed by atoms with Crippen molar-refractivity contribution in [1.29, 1.82) is 0 Å². The summed E-state index contributed by atoms with van der Waals surface area (Å²) in [6.45, 7) is 1.80. The maximum atomic E-state index is 13.0. The lowest BCUT2D eigenvalue weighted by Crippen LogP contribution is -1.99. The summed E-state index contributed by atoms with van der Waals surface area (Å²) in [6.07, 6.45) is 0. The van der Waals surface area contributed by atoms with E-state index in [1.807, 2.05) is 0 Å². The third-order valence-corrected chi connectivity index (χ3v) is 2.58. The molecule has 0 fully saturated rings. The highest BCUT2D eigenvalue weighted by atomic mass is 19.1. The maximum Gasteiger partial charge on any atom is 0.335 e. The Bertz CT molecular complexity index is 596. The smallest absolute Gasteiger partial charge is 0.335 e. The Morgan fingerprint density at radius 3 is 2.61 bits per heavy atom. The summed E-state index contributed by atoms with van der Waals surface area (Å²) in [5.41, 5.74) is 2.41. The summed E-state index contributed by atoms with van der Waals surface area (Å²) in [5, 5.41) is 11.9. The minimum Gasteiger partial charge on any atom is -0.478 e. The van der Waals surface area contributed by atoms with Gasteiger partial charge in [-0.3, -0.25) is 0 Å². The van der Waals surface area contributed by atoms with Crippen LogP contribution >= 0.6 is 0 Å². The third kappa shape index (κ3) is 2.66. The second kappa shape index (κ2) is 4.87. The molecule has 0 aromatic heterocycles. The van der Waals surface area contributed by atoms with E-state index in [0.29, 0.717) is 5.69 Å². The van der Waals surface area contributed by atoms with Crippen molar-refractivity contribution in [3.05, 3.63) is 59.4 Å². The zero-order valence-corrected chi connectivity index (χ0v) is 9.77. The Balaban J connectivity index is 2.27. The molecule has 0 heterocycles. The van der Waals surface area contributed by atoms with E-state index < -0.39 is 5.97 Å². The Kier molecular flexibility index (Phi) is 3.28. The first-order chi connectivity index (χ1) is 8.56. The molecule has 0 aliphatic heterocycles. The number of rotatable bonds is 3. The largest absolute Gasteiger partial charge is 0.478 e. The molecule has 0 amide bonds. The van der Waals surface area contributed by atoms with Gasteiger partial charge in [-0.15, -0.1) is 0 Å². The van der Waals surface area contributed by atoms with Crippen LogP contribution in [0, 0.1) is 12.7 Å². The van der Waals surface area contributed by atoms with Crippen LogP contribution in [0.3, 0.4) is 0 Å². The van der Waals surface area contributed by atoms with Crippen molar-refractivity contribution in [2.45, 2.75) is 6.92 Å². The molecule has 0 radical (unpaired) electrons. The highest BCUT2D eigenvalue weighted by Gasteiger charge is 2.06. The fourth-order valence-electron chi connectivity index (χ4n) is 1.66. The molecule has 0 aliphatic rings. The van der Waals surface area contributed by atoms with E-state index in [1.165, 1.54) is 18.2 Å². The number of aryl methyl sites for hydroxylation is 1. The third-order valence-electron chi connectivity index (χ3n) is 2.58. The quantitative estimate of drug-likeness (QED) is 0.869. The first kappa shape index (κ1) is 12.1. The van der Waals surface area contributed by atoms with E-state index in [1.54, 1.807) is 31.2 Å². The number of hydrogen-bond donors (Lipinski definition) is 2. The Hall–Kier alpha value is -2.36. The molecule has 0 aliphatic carbocycles. The normalized spacial score (nSPS) is 10.1. The molecule has 0 unspecified atom stereocenters. The van der Waals surface area contributed by atoms with Crippen LogP contribution in [-0.4, -0.2) is 11.1 Å². The molecule has 2 aromatic carbocycles. The Labute approximate surface area is 104 Å². The minimum atomic E-state index is -0.963. The second-order valence-corrected chi connectivity index (χ2v) is 3.97. The minimum absolute atomic E-state index is 0.234. The number of nitrogens with one attached hydrogen (secondary N) is 1. The lowest BCUT2D eigenvalue weighted by Gasteiger charge is -2.10. The van der Waals surface area contributed by atoms with Gasteiger partial charge in [0.2, 0.25) is 0 Å². The number of carbonyl (C=O) groups is 1. The van der Waals surface area contributed by atoms with Crippen LogP contribution in [0.4, 0.5) is 15.8 Å². The molecule has 2 N–H and O–H groups in total. The monoisotopic (exact) mass is 245 g/mol. The van der Waals surface area contributed by atoms with E-state index in [4.69, 9.17) is 5.11 Å². The van der Waals surface area contributed by atoms with Crippen molar-refractivity contribution in [3.8, 4) is 0 Å². The first-order valence-electron chi connectivity index (χ1n) is 5.43. The molecule has 0 saturated carbocycles. The number of hydrogen-bond acceptors (Lipinski definition) is 2. The summed E-state index contributed by atoms with van der Waals surface area (Å²) in [7, 11) is 0. The topological polar surface area (TPSA) is 49.3 Å². The van der Waals surface area contributed by atoms with Crippen LogP contribution in [0.5, 0.6) is 0 Å². The van der Waals surface area contributed by atoms with E-state index in [0.717, 1.165) is 11.3 Å². The summed E-state index contributed by atoms with van der Waals surface area (Å²) in [4.78, 5) is 10.8. The fraction of sp³-hybridized carbons (Fsp3) is 0.0714. The van der Waals surface area contributed by atoms with Crippen LogP contribution in [0.25, 0.3) is 0 Å². The number of anilines is 2. The number of halogens is 1. The molecule has 0 saturated heterocycles. The highest BCUT2D eigenvalue weighted by Crippen LogP contribution is 2.22. The summed E-state index contributed by atoms with van der Waals surface area (Å²) in [5.74, 6) is -1.28. The number of carboxylic acid groups (broad SMARTS) is 1. The average molecular weight is 245 g/mol. The first-order valence-corrected chi connectivity index (χ1v) is 5.43. The van der Waals surface area contributed by atoms with Crippen LogP contribution in [0.1, 0.15) is 15.9 Å². The summed E-state index contributed by atoms with van der Waals surface area (Å²) >= 11 is 0. The molecule has 18 heavy (non-hydrogen) atoms. The number of benzene rings is 2. The summed E-state index contributed by atoms with van der Waals surface area (Å²) in [6, 6.07) is 10.9. The van der Waals surface area contributed by atoms with Crippen LogP contribution in [0.2, 0.25) is 0 Å². The molecule has 4 heteroatoms. The molecule has 0 atom stereocenters. The van der Waals surface area contributed by atoms with E-state index in [9.17, 15) is 9.18 Å². The molecule has 92 valence electrons. The van der Waals surface area contributed by atoms with Gasteiger partial charge in [-0.2, -0.15) is 0 Å². The van der Waals surface area contributed by atoms with Gasteiger partial charge in [-0.05, 0) is 48.9 Å². The predicted molar refractivity (Wildman–Crippen MR) is 67.8 cm³/mol. The van der Waals surface area contributed by atoms with Gasteiger partial charge < -0.3 is 10.4 Å².